The number of methoxy groups -OCH3 is 1. The lowest BCUT2D eigenvalue weighted by atomic mass is 9.53. The van der Waals surface area contributed by atoms with Crippen LogP contribution in [0.25, 0.3) is 10.9 Å². The second kappa shape index (κ2) is 12.7. The lowest BCUT2D eigenvalue weighted by Gasteiger charge is -2.56. The summed E-state index contributed by atoms with van der Waals surface area (Å²) in [7, 11) is 1.60. The fourth-order valence-corrected chi connectivity index (χ4v) is 7.11. The Labute approximate surface area is 272 Å². The van der Waals surface area contributed by atoms with Crippen molar-refractivity contribution in [1.82, 2.24) is 19.9 Å². The minimum absolute atomic E-state index is 0.0563. The van der Waals surface area contributed by atoms with Gasteiger partial charge in [0.2, 0.25) is 5.91 Å². The molecule has 0 bridgehead atoms. The van der Waals surface area contributed by atoms with Gasteiger partial charge in [0.1, 0.15) is 41.0 Å². The van der Waals surface area contributed by atoms with Crippen LogP contribution in [0.5, 0.6) is 17.2 Å². The first kappa shape index (κ1) is 30.7. The Morgan fingerprint density at radius 1 is 1.00 bits per heavy atom. The zero-order chi connectivity index (χ0) is 32.5. The third-order valence-corrected chi connectivity index (χ3v) is 9.51. The Kier molecular flexibility index (Phi) is 8.27. The minimum atomic E-state index is -0.503. The number of ether oxygens (including phenoxy) is 2. The minimum Gasteiger partial charge on any atom is -0.495 e. The molecule has 4 N–H and O–H groups in total. The van der Waals surface area contributed by atoms with Crippen molar-refractivity contribution >= 4 is 39.8 Å². The smallest absolute Gasteiger partial charge is 0.245 e. The quantitative estimate of drug-likeness (QED) is 0.153. The molecule has 2 saturated carbocycles. The zero-order valence-electron chi connectivity index (χ0n) is 26.2. The lowest BCUT2D eigenvalue weighted by Crippen LogP contribution is -2.54. The molecule has 12 heteroatoms. The fourth-order valence-electron chi connectivity index (χ4n) is 7.11. The van der Waals surface area contributed by atoms with Gasteiger partial charge in [0.25, 0.3) is 0 Å². The highest BCUT2D eigenvalue weighted by Gasteiger charge is 2.52. The summed E-state index contributed by atoms with van der Waals surface area (Å²) >= 11 is 0. The van der Waals surface area contributed by atoms with Gasteiger partial charge in [0.05, 0.1) is 30.1 Å². The number of benzene rings is 2. The number of nitrogens with zero attached hydrogens (tertiary/aromatic N) is 4. The Bertz CT molecular complexity index is 1800. The van der Waals surface area contributed by atoms with Gasteiger partial charge in [-0.05, 0) is 74.3 Å². The molecular weight excluding hydrogens is 601 g/mol. The van der Waals surface area contributed by atoms with E-state index in [2.05, 4.69) is 37.5 Å². The number of hydrogen-bond acceptors (Lipinski definition) is 10. The van der Waals surface area contributed by atoms with Gasteiger partial charge in [0, 0.05) is 55.0 Å². The number of fused-ring (bicyclic) bond motifs is 1. The van der Waals surface area contributed by atoms with Crippen LogP contribution in [0.4, 0.5) is 27.4 Å². The summed E-state index contributed by atoms with van der Waals surface area (Å²) < 4.78 is 27.0. The number of halogens is 1. The first-order chi connectivity index (χ1) is 22.8. The molecule has 0 radical (unpaired) electrons. The highest BCUT2D eigenvalue weighted by molar-refractivity contribution is 5.95. The molecule has 244 valence electrons. The molecule has 47 heavy (non-hydrogen) atoms. The van der Waals surface area contributed by atoms with Crippen molar-refractivity contribution < 1.29 is 23.8 Å². The van der Waals surface area contributed by atoms with Crippen molar-refractivity contribution in [3.63, 3.8) is 0 Å². The summed E-state index contributed by atoms with van der Waals surface area (Å²) in [5.41, 5.74) is 1.94. The van der Waals surface area contributed by atoms with E-state index in [-0.39, 0.29) is 23.7 Å². The number of rotatable bonds is 10. The van der Waals surface area contributed by atoms with Crippen LogP contribution < -0.4 is 25.4 Å². The average molecular weight is 640 g/mol. The number of hydrogen-bond donors (Lipinski definition) is 4. The maximum Gasteiger partial charge on any atom is 0.245 e. The number of aromatic nitrogens is 3. The Morgan fingerprint density at radius 3 is 2.51 bits per heavy atom. The second-order valence-corrected chi connectivity index (χ2v) is 12.8. The number of piperidine rings is 1. The van der Waals surface area contributed by atoms with Crippen LogP contribution in [0, 0.1) is 11.2 Å². The van der Waals surface area contributed by atoms with Crippen LogP contribution in [-0.2, 0) is 4.79 Å². The zero-order valence-corrected chi connectivity index (χ0v) is 26.2. The van der Waals surface area contributed by atoms with Gasteiger partial charge in [-0.1, -0.05) is 6.58 Å². The highest BCUT2D eigenvalue weighted by Crippen LogP contribution is 2.56. The molecule has 1 aliphatic heterocycles. The van der Waals surface area contributed by atoms with Gasteiger partial charge < -0.3 is 35.4 Å². The van der Waals surface area contributed by atoms with Gasteiger partial charge >= 0.3 is 0 Å². The van der Waals surface area contributed by atoms with Crippen LogP contribution >= 0.6 is 0 Å². The van der Waals surface area contributed by atoms with E-state index in [0.717, 1.165) is 44.2 Å². The Morgan fingerprint density at radius 2 is 1.79 bits per heavy atom. The number of aliphatic hydroxyl groups is 1. The van der Waals surface area contributed by atoms with Crippen LogP contribution in [-0.4, -0.2) is 69.3 Å². The van der Waals surface area contributed by atoms with E-state index in [4.69, 9.17) is 9.47 Å². The van der Waals surface area contributed by atoms with Crippen molar-refractivity contribution in [1.29, 1.82) is 0 Å². The van der Waals surface area contributed by atoms with Gasteiger partial charge in [-0.2, -0.15) is 0 Å². The molecule has 1 amide bonds. The van der Waals surface area contributed by atoms with E-state index in [0.29, 0.717) is 64.3 Å². The molecule has 3 aliphatic rings. The van der Waals surface area contributed by atoms with E-state index in [9.17, 15) is 9.90 Å². The molecule has 3 heterocycles. The maximum absolute atomic E-state index is 15.4. The molecule has 11 nitrogen and oxygen atoms in total. The summed E-state index contributed by atoms with van der Waals surface area (Å²) in [5.74, 6) is 2.11. The Hall–Kier alpha value is -4.97. The molecule has 4 aromatic rings. The molecule has 1 spiro atoms. The molecule has 1 saturated heterocycles. The standard InChI is InChI=1S/C35H38FN7O4/c1-3-33(45)43-10-7-21(8-11-43)40-30-14-26-29(15-31(30)46-2)38-20-39-34(26)42-28-5-4-24(12-27(28)36)47-25-6-9-37-32(13-25)41-22-16-35(17-22)18-23(44)19-35/h3-6,9,12-15,20-23,40,44H,1,7-8,10-11,16-19H2,2H3,(H,37,41)(H,38,39,42). The molecule has 0 atom stereocenters. The van der Waals surface area contributed by atoms with Crippen molar-refractivity contribution in [2.45, 2.75) is 56.7 Å². The SMILES string of the molecule is C=CC(=O)N1CCC(Nc2cc3c(Nc4ccc(Oc5ccnc(NC6CC7(CC(O)C7)C6)c5)cc4F)ncnc3cc2OC)CC1. The molecular formula is C35H38FN7O4. The summed E-state index contributed by atoms with van der Waals surface area (Å²) in [6, 6.07) is 12.4. The van der Waals surface area contributed by atoms with Crippen molar-refractivity contribution in [2.24, 2.45) is 5.41 Å². The van der Waals surface area contributed by atoms with E-state index in [1.165, 1.54) is 18.5 Å². The summed E-state index contributed by atoms with van der Waals surface area (Å²) in [4.78, 5) is 27.0. The van der Waals surface area contributed by atoms with Crippen LogP contribution in [0.15, 0.2) is 67.6 Å². The van der Waals surface area contributed by atoms with E-state index < -0.39 is 5.82 Å². The van der Waals surface area contributed by atoms with E-state index >= 15 is 4.39 Å². The number of carbonyl (C=O) groups excluding carboxylic acids is 1. The summed E-state index contributed by atoms with van der Waals surface area (Å²) in [6.45, 7) is 4.86. The van der Waals surface area contributed by atoms with Crippen molar-refractivity contribution in [3.05, 3.63) is 73.5 Å². The number of amides is 1. The second-order valence-electron chi connectivity index (χ2n) is 12.8. The molecule has 2 aromatic carbocycles. The number of carbonyl (C=O) groups is 1. The average Bonchev–Trinajstić information content (AvgIpc) is 3.04. The third-order valence-electron chi connectivity index (χ3n) is 9.51. The number of nitrogens with one attached hydrogen (secondary N) is 3. The number of pyridine rings is 1. The fraction of sp³-hybridized carbons (Fsp3) is 0.371. The molecule has 2 aromatic heterocycles. The largest absolute Gasteiger partial charge is 0.495 e. The predicted octanol–water partition coefficient (Wildman–Crippen LogP) is 6.01. The van der Waals surface area contributed by atoms with E-state index in [1.807, 2.05) is 18.2 Å². The van der Waals surface area contributed by atoms with Gasteiger partial charge in [0.15, 0.2) is 0 Å². The van der Waals surface area contributed by atoms with Gasteiger partial charge in [-0.15, -0.1) is 0 Å². The number of likely N-dealkylation sites (tertiary alicyclic amines) is 1. The van der Waals surface area contributed by atoms with Gasteiger partial charge in [-0.3, -0.25) is 4.79 Å². The Balaban J connectivity index is 1.02. The first-order valence-corrected chi connectivity index (χ1v) is 16.0. The van der Waals surface area contributed by atoms with Crippen LogP contribution in [0.1, 0.15) is 38.5 Å². The molecule has 0 unspecified atom stereocenters. The summed E-state index contributed by atoms with van der Waals surface area (Å²) in [6.07, 6.45) is 9.68. The number of anilines is 4. The van der Waals surface area contributed by atoms with Crippen LogP contribution in [0.2, 0.25) is 0 Å². The highest BCUT2D eigenvalue weighted by atomic mass is 19.1. The summed E-state index contributed by atoms with van der Waals surface area (Å²) in [5, 5.41) is 20.5. The molecule has 3 fully saturated rings. The number of aliphatic hydroxyl groups excluding tert-OH is 1. The monoisotopic (exact) mass is 639 g/mol. The lowest BCUT2D eigenvalue weighted by molar-refractivity contribution is -0.126. The van der Waals surface area contributed by atoms with E-state index in [1.54, 1.807) is 36.4 Å². The molecule has 2 aliphatic carbocycles. The van der Waals surface area contributed by atoms with Crippen molar-refractivity contribution in [3.8, 4) is 17.2 Å². The third kappa shape index (κ3) is 6.50. The normalized spacial score (nSPS) is 22.2. The predicted molar refractivity (Wildman–Crippen MR) is 178 cm³/mol. The van der Waals surface area contributed by atoms with Crippen LogP contribution in [0.3, 0.4) is 0 Å². The molecule has 7 rings (SSSR count). The first-order valence-electron chi connectivity index (χ1n) is 16.0. The van der Waals surface area contributed by atoms with Gasteiger partial charge in [-0.25, -0.2) is 19.3 Å². The maximum atomic E-state index is 15.4. The van der Waals surface area contributed by atoms with Crippen molar-refractivity contribution in [2.75, 3.05) is 36.1 Å². The topological polar surface area (TPSA) is 134 Å².